The second-order valence-corrected chi connectivity index (χ2v) is 4.59. The number of nitrogens with zero attached hydrogens (tertiary/aromatic N) is 2. The van der Waals surface area contributed by atoms with Gasteiger partial charge in [-0.1, -0.05) is 11.6 Å². The standard InChI is InChI=1S/C10H10BrClN4/c1-6-9(16-5-15-6)4-13-8-2-7(11)3-14-10(8)12/h2-3,5,13H,4H2,1H3,(H,15,16). The molecule has 0 bridgehead atoms. The average molecular weight is 302 g/mol. The lowest BCUT2D eigenvalue weighted by Crippen LogP contribution is -2.02. The number of pyridine rings is 1. The van der Waals surface area contributed by atoms with Crippen LogP contribution in [0.1, 0.15) is 11.4 Å². The van der Waals surface area contributed by atoms with Crippen molar-refractivity contribution in [1.29, 1.82) is 0 Å². The highest BCUT2D eigenvalue weighted by Crippen LogP contribution is 2.23. The molecule has 2 N–H and O–H groups in total. The molecule has 2 aromatic rings. The average Bonchev–Trinajstić information content (AvgIpc) is 2.66. The maximum absolute atomic E-state index is 5.95. The minimum absolute atomic E-state index is 0.455. The number of imidazole rings is 1. The van der Waals surface area contributed by atoms with Crippen LogP contribution in [0.4, 0.5) is 5.69 Å². The molecule has 0 atom stereocenters. The third kappa shape index (κ3) is 2.54. The lowest BCUT2D eigenvalue weighted by molar-refractivity contribution is 1.04. The summed E-state index contributed by atoms with van der Waals surface area (Å²) < 4.78 is 0.887. The molecule has 2 aromatic heterocycles. The molecule has 0 aliphatic heterocycles. The Morgan fingerprint density at radius 2 is 2.31 bits per heavy atom. The van der Waals surface area contributed by atoms with Crippen LogP contribution in [0.5, 0.6) is 0 Å². The summed E-state index contributed by atoms with van der Waals surface area (Å²) in [5.41, 5.74) is 2.81. The van der Waals surface area contributed by atoms with E-state index in [1.165, 1.54) is 0 Å². The molecular weight excluding hydrogens is 291 g/mol. The number of hydrogen-bond acceptors (Lipinski definition) is 3. The molecule has 4 nitrogen and oxygen atoms in total. The molecule has 0 saturated carbocycles. The van der Waals surface area contributed by atoms with Crippen molar-refractivity contribution in [3.8, 4) is 0 Å². The first-order chi connectivity index (χ1) is 7.66. The number of aromatic amines is 1. The van der Waals surface area contributed by atoms with E-state index < -0.39 is 0 Å². The molecule has 0 aliphatic carbocycles. The topological polar surface area (TPSA) is 53.6 Å². The first-order valence-corrected chi connectivity index (χ1v) is 5.87. The highest BCUT2D eigenvalue weighted by Gasteiger charge is 2.04. The number of anilines is 1. The zero-order valence-corrected chi connectivity index (χ0v) is 10.9. The fourth-order valence-corrected chi connectivity index (χ4v) is 1.79. The van der Waals surface area contributed by atoms with Gasteiger partial charge >= 0.3 is 0 Å². The number of aromatic nitrogens is 3. The molecule has 0 aromatic carbocycles. The summed E-state index contributed by atoms with van der Waals surface area (Å²) in [4.78, 5) is 11.2. The Morgan fingerprint density at radius 1 is 1.50 bits per heavy atom. The predicted molar refractivity (Wildman–Crippen MR) is 67.6 cm³/mol. The van der Waals surface area contributed by atoms with Gasteiger partial charge in [-0.25, -0.2) is 9.97 Å². The largest absolute Gasteiger partial charge is 0.377 e. The molecular formula is C10H10BrClN4. The van der Waals surface area contributed by atoms with E-state index in [0.29, 0.717) is 11.7 Å². The molecule has 0 saturated heterocycles. The molecule has 6 heteroatoms. The van der Waals surface area contributed by atoms with Crippen LogP contribution in [0.25, 0.3) is 0 Å². The number of H-pyrrole nitrogens is 1. The number of aryl methyl sites for hydroxylation is 1. The fourth-order valence-electron chi connectivity index (χ4n) is 1.29. The molecule has 0 aliphatic rings. The number of rotatable bonds is 3. The molecule has 2 rings (SSSR count). The molecule has 16 heavy (non-hydrogen) atoms. The van der Waals surface area contributed by atoms with Gasteiger partial charge in [-0.2, -0.15) is 0 Å². The molecule has 84 valence electrons. The second-order valence-electron chi connectivity index (χ2n) is 3.32. The predicted octanol–water partition coefficient (Wildman–Crippen LogP) is 3.14. The van der Waals surface area contributed by atoms with Crippen LogP contribution in [0.15, 0.2) is 23.1 Å². The van der Waals surface area contributed by atoms with Crippen molar-refractivity contribution in [2.75, 3.05) is 5.32 Å². The third-order valence-corrected chi connectivity index (χ3v) is 2.92. The smallest absolute Gasteiger partial charge is 0.152 e. The lowest BCUT2D eigenvalue weighted by atomic mass is 10.3. The first-order valence-electron chi connectivity index (χ1n) is 4.70. The normalized spacial score (nSPS) is 10.4. The minimum atomic E-state index is 0.455. The van der Waals surface area contributed by atoms with E-state index in [2.05, 4.69) is 36.2 Å². The van der Waals surface area contributed by atoms with Crippen molar-refractivity contribution in [2.24, 2.45) is 0 Å². The van der Waals surface area contributed by atoms with E-state index in [0.717, 1.165) is 21.5 Å². The SMILES string of the molecule is Cc1[nH]cnc1CNc1cc(Br)cnc1Cl. The Hall–Kier alpha value is -1.07. The van der Waals surface area contributed by atoms with Crippen molar-refractivity contribution in [3.05, 3.63) is 39.6 Å². The van der Waals surface area contributed by atoms with Crippen LogP contribution < -0.4 is 5.32 Å². The van der Waals surface area contributed by atoms with Crippen molar-refractivity contribution in [1.82, 2.24) is 15.0 Å². The molecule has 0 radical (unpaired) electrons. The summed E-state index contributed by atoms with van der Waals surface area (Å²) in [7, 11) is 0. The molecule has 0 amide bonds. The zero-order valence-electron chi connectivity index (χ0n) is 8.59. The second kappa shape index (κ2) is 4.84. The summed E-state index contributed by atoms with van der Waals surface area (Å²) in [6.45, 7) is 2.60. The molecule has 0 unspecified atom stereocenters. The van der Waals surface area contributed by atoms with Gasteiger partial charge in [0.05, 0.1) is 24.3 Å². The number of nitrogens with one attached hydrogen (secondary N) is 2. The van der Waals surface area contributed by atoms with Crippen LogP contribution in [0.2, 0.25) is 5.15 Å². The van der Waals surface area contributed by atoms with Crippen LogP contribution >= 0.6 is 27.5 Å². The highest BCUT2D eigenvalue weighted by atomic mass is 79.9. The van der Waals surface area contributed by atoms with Crippen LogP contribution in [-0.4, -0.2) is 15.0 Å². The molecule has 0 spiro atoms. The molecule has 0 fully saturated rings. The van der Waals surface area contributed by atoms with E-state index in [1.807, 2.05) is 13.0 Å². The van der Waals surface area contributed by atoms with Gasteiger partial charge in [0.15, 0.2) is 5.15 Å². The van der Waals surface area contributed by atoms with E-state index >= 15 is 0 Å². The van der Waals surface area contributed by atoms with Crippen LogP contribution in [0, 0.1) is 6.92 Å². The number of hydrogen-bond donors (Lipinski definition) is 2. The van der Waals surface area contributed by atoms with E-state index in [-0.39, 0.29) is 0 Å². The van der Waals surface area contributed by atoms with E-state index in [1.54, 1.807) is 12.5 Å². The summed E-state index contributed by atoms with van der Waals surface area (Å²) >= 11 is 9.30. The fraction of sp³-hybridized carbons (Fsp3) is 0.200. The lowest BCUT2D eigenvalue weighted by Gasteiger charge is -2.07. The summed E-state index contributed by atoms with van der Waals surface area (Å²) in [5, 5.41) is 3.65. The maximum atomic E-state index is 5.95. The van der Waals surface area contributed by atoms with E-state index in [4.69, 9.17) is 11.6 Å². The van der Waals surface area contributed by atoms with Crippen molar-refractivity contribution >= 4 is 33.2 Å². The van der Waals surface area contributed by atoms with Crippen molar-refractivity contribution in [2.45, 2.75) is 13.5 Å². The Kier molecular flexibility index (Phi) is 3.46. The van der Waals surface area contributed by atoms with Gasteiger partial charge in [0, 0.05) is 16.4 Å². The Labute approximate surface area is 107 Å². The quantitative estimate of drug-likeness (QED) is 0.856. The van der Waals surface area contributed by atoms with Gasteiger partial charge in [0.25, 0.3) is 0 Å². The van der Waals surface area contributed by atoms with Gasteiger partial charge in [-0.05, 0) is 28.9 Å². The van der Waals surface area contributed by atoms with Gasteiger partial charge in [0.2, 0.25) is 0 Å². The summed E-state index contributed by atoms with van der Waals surface area (Å²) in [6, 6.07) is 1.89. The number of halogens is 2. The van der Waals surface area contributed by atoms with Crippen molar-refractivity contribution in [3.63, 3.8) is 0 Å². The van der Waals surface area contributed by atoms with Gasteiger partial charge in [-0.15, -0.1) is 0 Å². The van der Waals surface area contributed by atoms with Crippen LogP contribution in [-0.2, 0) is 6.54 Å². The van der Waals surface area contributed by atoms with Crippen LogP contribution in [0.3, 0.4) is 0 Å². The maximum Gasteiger partial charge on any atom is 0.152 e. The Morgan fingerprint density at radius 3 is 3.00 bits per heavy atom. The van der Waals surface area contributed by atoms with Crippen molar-refractivity contribution < 1.29 is 0 Å². The van der Waals surface area contributed by atoms with Gasteiger partial charge in [0.1, 0.15) is 0 Å². The Balaban J connectivity index is 2.10. The summed E-state index contributed by atoms with van der Waals surface area (Å²) in [6.07, 6.45) is 3.33. The third-order valence-electron chi connectivity index (χ3n) is 2.19. The van der Waals surface area contributed by atoms with Gasteiger partial charge < -0.3 is 10.3 Å². The molecule has 2 heterocycles. The first kappa shape index (κ1) is 11.4. The Bertz CT molecular complexity index is 497. The summed E-state index contributed by atoms with van der Waals surface area (Å²) in [5.74, 6) is 0. The van der Waals surface area contributed by atoms with E-state index in [9.17, 15) is 0 Å². The zero-order chi connectivity index (χ0) is 11.5. The van der Waals surface area contributed by atoms with Gasteiger partial charge in [-0.3, -0.25) is 0 Å². The monoisotopic (exact) mass is 300 g/mol. The highest BCUT2D eigenvalue weighted by molar-refractivity contribution is 9.10. The minimum Gasteiger partial charge on any atom is -0.377 e.